The van der Waals surface area contributed by atoms with E-state index in [-0.39, 0.29) is 18.1 Å². The van der Waals surface area contributed by atoms with Crippen molar-refractivity contribution in [3.8, 4) is 0 Å². The Labute approximate surface area is 91.1 Å². The maximum absolute atomic E-state index is 11.2. The minimum absolute atomic E-state index is 0.104. The number of ether oxygens (including phenoxy) is 2. The Morgan fingerprint density at radius 1 is 1.47 bits per heavy atom. The third kappa shape index (κ3) is 4.62. The Morgan fingerprint density at radius 3 is 2.67 bits per heavy atom. The molecular weight excluding hydrogens is 194 g/mol. The number of carbonyl (C=O) groups excluding carboxylic acids is 1. The smallest absolute Gasteiger partial charge is 0.220 e. The van der Waals surface area contributed by atoms with Gasteiger partial charge < -0.3 is 15.2 Å². The standard InChI is InChI=1S/C11H21NO3/c1-2-3-5-9(11(12)13)8-10-14-6-4-7-15-10/h9-10H,2-8H2,1H3,(H2,12,13). The summed E-state index contributed by atoms with van der Waals surface area (Å²) in [6.07, 6.45) is 4.27. The van der Waals surface area contributed by atoms with Crippen molar-refractivity contribution >= 4 is 5.91 Å². The molecule has 1 fully saturated rings. The van der Waals surface area contributed by atoms with E-state index in [4.69, 9.17) is 15.2 Å². The Kier molecular flexibility index (Phi) is 5.65. The Morgan fingerprint density at radius 2 is 2.13 bits per heavy atom. The average molecular weight is 215 g/mol. The largest absolute Gasteiger partial charge is 0.369 e. The Bertz CT molecular complexity index is 190. The van der Waals surface area contributed by atoms with Gasteiger partial charge in [-0.15, -0.1) is 0 Å². The number of carbonyl (C=O) groups is 1. The van der Waals surface area contributed by atoms with Crippen LogP contribution in [0.2, 0.25) is 0 Å². The first-order valence-corrected chi connectivity index (χ1v) is 5.76. The lowest BCUT2D eigenvalue weighted by Crippen LogP contribution is -2.32. The van der Waals surface area contributed by atoms with Gasteiger partial charge in [0.2, 0.25) is 5.91 Å². The minimum Gasteiger partial charge on any atom is -0.369 e. The fourth-order valence-electron chi connectivity index (χ4n) is 1.73. The van der Waals surface area contributed by atoms with Crippen molar-refractivity contribution in [3.63, 3.8) is 0 Å². The quantitative estimate of drug-likeness (QED) is 0.729. The summed E-state index contributed by atoms with van der Waals surface area (Å²) in [5.74, 6) is -0.339. The van der Waals surface area contributed by atoms with Gasteiger partial charge in [-0.2, -0.15) is 0 Å². The summed E-state index contributed by atoms with van der Waals surface area (Å²) in [4.78, 5) is 11.2. The second-order valence-corrected chi connectivity index (χ2v) is 4.00. The second kappa shape index (κ2) is 6.80. The van der Waals surface area contributed by atoms with E-state index in [9.17, 15) is 4.79 Å². The van der Waals surface area contributed by atoms with E-state index < -0.39 is 0 Å². The fourth-order valence-corrected chi connectivity index (χ4v) is 1.73. The summed E-state index contributed by atoms with van der Waals surface area (Å²) in [6.45, 7) is 3.56. The second-order valence-electron chi connectivity index (χ2n) is 4.00. The van der Waals surface area contributed by atoms with Gasteiger partial charge in [-0.05, 0) is 12.8 Å². The van der Waals surface area contributed by atoms with Crippen molar-refractivity contribution in [2.45, 2.75) is 45.3 Å². The maximum Gasteiger partial charge on any atom is 0.220 e. The lowest BCUT2D eigenvalue weighted by Gasteiger charge is -2.25. The topological polar surface area (TPSA) is 61.6 Å². The zero-order valence-corrected chi connectivity index (χ0v) is 9.41. The lowest BCUT2D eigenvalue weighted by molar-refractivity contribution is -0.187. The van der Waals surface area contributed by atoms with Crippen LogP contribution in [0, 0.1) is 5.92 Å². The summed E-state index contributed by atoms with van der Waals surface area (Å²) >= 11 is 0. The van der Waals surface area contributed by atoms with Gasteiger partial charge in [0, 0.05) is 12.3 Å². The summed E-state index contributed by atoms with van der Waals surface area (Å²) in [7, 11) is 0. The predicted octanol–water partition coefficient (Wildman–Crippen LogP) is 1.43. The van der Waals surface area contributed by atoms with E-state index in [1.807, 2.05) is 0 Å². The Balaban J connectivity index is 2.31. The number of unbranched alkanes of at least 4 members (excludes halogenated alkanes) is 1. The van der Waals surface area contributed by atoms with Gasteiger partial charge in [0.1, 0.15) is 0 Å². The molecule has 1 unspecified atom stereocenters. The van der Waals surface area contributed by atoms with Gasteiger partial charge >= 0.3 is 0 Å². The molecule has 1 aliphatic rings. The monoisotopic (exact) mass is 215 g/mol. The summed E-state index contributed by atoms with van der Waals surface area (Å²) in [6, 6.07) is 0. The first-order chi connectivity index (χ1) is 7.24. The van der Waals surface area contributed by atoms with Gasteiger partial charge in [0.25, 0.3) is 0 Å². The highest BCUT2D eigenvalue weighted by molar-refractivity contribution is 5.76. The Hall–Kier alpha value is -0.610. The van der Waals surface area contributed by atoms with E-state index in [2.05, 4.69) is 6.92 Å². The lowest BCUT2D eigenvalue weighted by atomic mass is 9.97. The van der Waals surface area contributed by atoms with Gasteiger partial charge in [0.05, 0.1) is 13.2 Å². The maximum atomic E-state index is 11.2. The molecule has 0 aromatic rings. The molecule has 0 bridgehead atoms. The molecule has 2 N–H and O–H groups in total. The number of rotatable bonds is 6. The minimum atomic E-state index is -0.235. The first-order valence-electron chi connectivity index (χ1n) is 5.76. The highest BCUT2D eigenvalue weighted by atomic mass is 16.7. The van der Waals surface area contributed by atoms with Crippen molar-refractivity contribution in [2.75, 3.05) is 13.2 Å². The van der Waals surface area contributed by atoms with Crippen molar-refractivity contribution < 1.29 is 14.3 Å². The van der Waals surface area contributed by atoms with Crippen LogP contribution >= 0.6 is 0 Å². The van der Waals surface area contributed by atoms with Crippen molar-refractivity contribution in [2.24, 2.45) is 11.7 Å². The molecule has 1 aliphatic heterocycles. The summed E-state index contributed by atoms with van der Waals surface area (Å²) < 4.78 is 10.8. The summed E-state index contributed by atoms with van der Waals surface area (Å²) in [5, 5.41) is 0. The SMILES string of the molecule is CCCCC(CC1OCCCO1)C(N)=O. The molecule has 1 heterocycles. The van der Waals surface area contributed by atoms with E-state index in [1.54, 1.807) is 0 Å². The van der Waals surface area contributed by atoms with Crippen LogP contribution in [0.15, 0.2) is 0 Å². The third-order valence-corrected chi connectivity index (χ3v) is 2.68. The molecule has 0 saturated carbocycles. The zero-order chi connectivity index (χ0) is 11.1. The fraction of sp³-hybridized carbons (Fsp3) is 0.909. The molecule has 15 heavy (non-hydrogen) atoms. The van der Waals surface area contributed by atoms with Crippen LogP contribution in [-0.4, -0.2) is 25.4 Å². The van der Waals surface area contributed by atoms with Crippen LogP contribution in [0.1, 0.15) is 39.0 Å². The molecule has 0 aliphatic carbocycles. The number of nitrogens with two attached hydrogens (primary N) is 1. The molecule has 1 atom stereocenters. The molecule has 1 saturated heterocycles. The van der Waals surface area contributed by atoms with Gasteiger partial charge in [-0.3, -0.25) is 4.79 Å². The van der Waals surface area contributed by atoms with Crippen molar-refractivity contribution in [1.29, 1.82) is 0 Å². The van der Waals surface area contributed by atoms with Crippen LogP contribution in [-0.2, 0) is 14.3 Å². The van der Waals surface area contributed by atoms with Crippen LogP contribution < -0.4 is 5.73 Å². The molecule has 0 radical (unpaired) electrons. The van der Waals surface area contributed by atoms with Crippen molar-refractivity contribution in [3.05, 3.63) is 0 Å². The molecular formula is C11H21NO3. The normalized spacial score (nSPS) is 20.1. The number of primary amides is 1. The van der Waals surface area contributed by atoms with Crippen LogP contribution in [0.4, 0.5) is 0 Å². The van der Waals surface area contributed by atoms with Gasteiger partial charge in [-0.25, -0.2) is 0 Å². The van der Waals surface area contributed by atoms with Gasteiger partial charge in [0.15, 0.2) is 6.29 Å². The van der Waals surface area contributed by atoms with Gasteiger partial charge in [-0.1, -0.05) is 19.8 Å². The molecule has 88 valence electrons. The molecule has 0 aromatic heterocycles. The zero-order valence-electron chi connectivity index (χ0n) is 9.41. The van der Waals surface area contributed by atoms with Crippen molar-refractivity contribution in [1.82, 2.24) is 0 Å². The first kappa shape index (κ1) is 12.5. The molecule has 4 heteroatoms. The molecule has 0 spiro atoms. The number of hydrogen-bond donors (Lipinski definition) is 1. The van der Waals surface area contributed by atoms with E-state index in [0.717, 1.165) is 38.9 Å². The number of amides is 1. The van der Waals surface area contributed by atoms with E-state index >= 15 is 0 Å². The molecule has 1 amide bonds. The molecule has 1 rings (SSSR count). The number of hydrogen-bond acceptors (Lipinski definition) is 3. The van der Waals surface area contributed by atoms with E-state index in [1.165, 1.54) is 0 Å². The van der Waals surface area contributed by atoms with Crippen LogP contribution in [0.5, 0.6) is 0 Å². The van der Waals surface area contributed by atoms with Crippen LogP contribution in [0.3, 0.4) is 0 Å². The third-order valence-electron chi connectivity index (χ3n) is 2.68. The summed E-state index contributed by atoms with van der Waals surface area (Å²) in [5.41, 5.74) is 5.34. The average Bonchev–Trinajstić information content (AvgIpc) is 2.25. The molecule has 4 nitrogen and oxygen atoms in total. The molecule has 0 aromatic carbocycles. The van der Waals surface area contributed by atoms with E-state index in [0.29, 0.717) is 6.42 Å². The highest BCUT2D eigenvalue weighted by Crippen LogP contribution is 2.19. The van der Waals surface area contributed by atoms with Crippen LogP contribution in [0.25, 0.3) is 0 Å². The predicted molar refractivity (Wildman–Crippen MR) is 57.1 cm³/mol. The highest BCUT2D eigenvalue weighted by Gasteiger charge is 2.23.